The molecule has 2 N–H and O–H groups in total. The second kappa shape index (κ2) is 12.0. The van der Waals surface area contributed by atoms with Crippen molar-refractivity contribution in [2.75, 3.05) is 6.54 Å². The molecule has 0 radical (unpaired) electrons. The van der Waals surface area contributed by atoms with Gasteiger partial charge in [0, 0.05) is 25.6 Å². The van der Waals surface area contributed by atoms with Gasteiger partial charge in [0.1, 0.15) is 17.7 Å². The van der Waals surface area contributed by atoms with Crippen molar-refractivity contribution in [1.82, 2.24) is 20.4 Å². The second-order valence-electron chi connectivity index (χ2n) is 9.62. The zero-order valence-corrected chi connectivity index (χ0v) is 22.8. The van der Waals surface area contributed by atoms with Gasteiger partial charge in [0.15, 0.2) is 0 Å². The molecule has 0 bridgehead atoms. The minimum Gasteiger partial charge on any atom is -0.391 e. The number of nitrogens with zero attached hydrogens (tertiary/aromatic N) is 3. The molecule has 1 saturated carbocycles. The van der Waals surface area contributed by atoms with Crippen LogP contribution in [0.15, 0.2) is 40.4 Å². The standard InChI is InChI=1S/C26H30N4O4S.C2H6/c1-15-10-22(34-29-15)23(18-4-3-5-18)26(33)30-13-20(31)11-21(30)25(32)27-12-17-6-8-19(9-7-17)24-16(2)28-14-35-24;1-2/h6-10,14,18,20-21,23,31H,3-5,11-13H2,1-2H3,(H,27,32);1-2H3. The monoisotopic (exact) mass is 524 g/mol. The third kappa shape index (κ3) is 5.93. The van der Waals surface area contributed by atoms with Crippen LogP contribution in [0.3, 0.4) is 0 Å². The number of aliphatic hydroxyl groups is 1. The van der Waals surface area contributed by atoms with Gasteiger partial charge in [-0.1, -0.05) is 49.7 Å². The van der Waals surface area contributed by atoms with Crippen LogP contribution in [0, 0.1) is 19.8 Å². The van der Waals surface area contributed by atoms with E-state index in [0.29, 0.717) is 12.3 Å². The SMILES string of the molecule is CC.Cc1cc(C(C(=O)N2CC(O)CC2C(=O)NCc2ccc(-c3scnc3C)cc2)C2CCC2)on1. The molecule has 2 aromatic heterocycles. The van der Waals surface area contributed by atoms with Gasteiger partial charge >= 0.3 is 0 Å². The molecule has 3 heterocycles. The molecule has 8 nitrogen and oxygen atoms in total. The molecule has 2 amide bonds. The van der Waals surface area contributed by atoms with Gasteiger partial charge in [-0.3, -0.25) is 9.59 Å². The van der Waals surface area contributed by atoms with Gasteiger partial charge in [0.05, 0.1) is 27.9 Å². The lowest BCUT2D eigenvalue weighted by atomic mass is 9.74. The second-order valence-corrected chi connectivity index (χ2v) is 10.5. The van der Waals surface area contributed by atoms with E-state index in [1.807, 2.05) is 57.5 Å². The highest BCUT2D eigenvalue weighted by atomic mass is 32.1. The summed E-state index contributed by atoms with van der Waals surface area (Å²) in [7, 11) is 0. The maximum atomic E-state index is 13.6. The molecule has 3 aromatic rings. The first-order chi connectivity index (χ1) is 17.9. The summed E-state index contributed by atoms with van der Waals surface area (Å²) < 4.78 is 5.47. The maximum Gasteiger partial charge on any atom is 0.243 e. The van der Waals surface area contributed by atoms with E-state index in [9.17, 15) is 14.7 Å². The molecule has 3 unspecified atom stereocenters. The Labute approximate surface area is 222 Å². The lowest BCUT2D eigenvalue weighted by molar-refractivity contribution is -0.141. The number of benzene rings is 1. The van der Waals surface area contributed by atoms with Crippen LogP contribution in [0.1, 0.15) is 68.2 Å². The number of hydrogen-bond acceptors (Lipinski definition) is 7. The van der Waals surface area contributed by atoms with E-state index in [2.05, 4.69) is 15.5 Å². The number of aromatic nitrogens is 2. The number of carbonyl (C=O) groups is 2. The summed E-state index contributed by atoms with van der Waals surface area (Å²) in [6, 6.07) is 9.13. The van der Waals surface area contributed by atoms with E-state index < -0.39 is 18.1 Å². The summed E-state index contributed by atoms with van der Waals surface area (Å²) in [5, 5.41) is 17.3. The molecule has 0 spiro atoms. The van der Waals surface area contributed by atoms with Crippen molar-refractivity contribution in [3.8, 4) is 10.4 Å². The summed E-state index contributed by atoms with van der Waals surface area (Å²) in [5.41, 5.74) is 5.62. The van der Waals surface area contributed by atoms with Gasteiger partial charge in [0.25, 0.3) is 0 Å². The number of hydrogen-bond donors (Lipinski definition) is 2. The van der Waals surface area contributed by atoms with E-state index >= 15 is 0 Å². The Bertz CT molecular complexity index is 1200. The van der Waals surface area contributed by atoms with Gasteiger partial charge in [-0.05, 0) is 43.7 Å². The van der Waals surface area contributed by atoms with Crippen LogP contribution in [0.4, 0.5) is 0 Å². The first-order valence-electron chi connectivity index (χ1n) is 13.1. The summed E-state index contributed by atoms with van der Waals surface area (Å²) in [6.45, 7) is 8.32. The Morgan fingerprint density at radius 3 is 2.51 bits per heavy atom. The fourth-order valence-corrected chi connectivity index (χ4v) is 5.81. The number of likely N-dealkylation sites (tertiary alicyclic amines) is 1. The number of nitrogens with one attached hydrogen (secondary N) is 1. The molecular formula is C28H36N4O4S. The Morgan fingerprint density at radius 1 is 1.22 bits per heavy atom. The fourth-order valence-electron chi connectivity index (χ4n) is 5.00. The van der Waals surface area contributed by atoms with Crippen LogP contribution in [-0.4, -0.2) is 50.7 Å². The molecule has 5 rings (SSSR count). The Hall–Kier alpha value is -3.04. The minimum absolute atomic E-state index is 0.149. The molecule has 9 heteroatoms. The lowest BCUT2D eigenvalue weighted by Gasteiger charge is -2.35. The highest BCUT2D eigenvalue weighted by Crippen LogP contribution is 2.41. The molecule has 2 fully saturated rings. The molecule has 37 heavy (non-hydrogen) atoms. The number of β-amino-alcohol motifs (C(OH)–C–C–N with tert-alkyl or cyclic N) is 1. The first kappa shape index (κ1) is 27.0. The Kier molecular flexibility index (Phi) is 8.76. The summed E-state index contributed by atoms with van der Waals surface area (Å²) in [4.78, 5) is 33.8. The predicted octanol–water partition coefficient (Wildman–Crippen LogP) is 4.60. The van der Waals surface area contributed by atoms with Crippen molar-refractivity contribution in [3.63, 3.8) is 0 Å². The molecular weight excluding hydrogens is 488 g/mol. The fraction of sp³-hybridized carbons (Fsp3) is 0.500. The molecule has 1 saturated heterocycles. The smallest absolute Gasteiger partial charge is 0.243 e. The summed E-state index contributed by atoms with van der Waals surface area (Å²) >= 11 is 1.60. The number of aryl methyl sites for hydroxylation is 2. The molecule has 1 aliphatic carbocycles. The van der Waals surface area contributed by atoms with Crippen molar-refractivity contribution in [3.05, 3.63) is 58.6 Å². The van der Waals surface area contributed by atoms with Crippen LogP contribution in [0.2, 0.25) is 0 Å². The van der Waals surface area contributed by atoms with E-state index in [0.717, 1.165) is 46.7 Å². The first-order valence-corrected chi connectivity index (χ1v) is 14.0. The molecule has 1 aliphatic heterocycles. The summed E-state index contributed by atoms with van der Waals surface area (Å²) in [6.07, 6.45) is 2.47. The third-order valence-electron chi connectivity index (χ3n) is 7.13. The minimum atomic E-state index is -0.727. The number of carbonyl (C=O) groups excluding carboxylic acids is 2. The van der Waals surface area contributed by atoms with E-state index in [1.165, 1.54) is 4.90 Å². The maximum absolute atomic E-state index is 13.6. The highest BCUT2D eigenvalue weighted by Gasteiger charge is 2.45. The van der Waals surface area contributed by atoms with Gasteiger partial charge in [-0.25, -0.2) is 4.98 Å². The van der Waals surface area contributed by atoms with Crippen molar-refractivity contribution >= 4 is 23.2 Å². The quantitative estimate of drug-likeness (QED) is 0.468. The van der Waals surface area contributed by atoms with Crippen molar-refractivity contribution in [2.45, 2.75) is 78.0 Å². The lowest BCUT2D eigenvalue weighted by Crippen LogP contribution is -2.48. The van der Waals surface area contributed by atoms with Crippen LogP contribution >= 0.6 is 11.3 Å². The van der Waals surface area contributed by atoms with Gasteiger partial charge < -0.3 is 19.8 Å². The topological polar surface area (TPSA) is 109 Å². The number of rotatable bonds is 7. The zero-order chi connectivity index (χ0) is 26.5. The highest BCUT2D eigenvalue weighted by molar-refractivity contribution is 7.13. The average Bonchev–Trinajstić information content (AvgIpc) is 3.60. The average molecular weight is 525 g/mol. The van der Waals surface area contributed by atoms with Crippen LogP contribution < -0.4 is 5.32 Å². The van der Waals surface area contributed by atoms with Crippen molar-refractivity contribution in [1.29, 1.82) is 0 Å². The predicted molar refractivity (Wildman–Crippen MR) is 143 cm³/mol. The van der Waals surface area contributed by atoms with Gasteiger partial charge in [-0.2, -0.15) is 0 Å². The zero-order valence-electron chi connectivity index (χ0n) is 21.9. The largest absolute Gasteiger partial charge is 0.391 e. The Balaban J connectivity index is 0.00000156. The van der Waals surface area contributed by atoms with Gasteiger partial charge in [0.2, 0.25) is 11.8 Å². The number of thiazole rings is 1. The molecule has 3 atom stereocenters. The van der Waals surface area contributed by atoms with Crippen LogP contribution in [0.25, 0.3) is 10.4 Å². The molecule has 2 aliphatic rings. The number of amides is 2. The Morgan fingerprint density at radius 2 is 1.95 bits per heavy atom. The van der Waals surface area contributed by atoms with Crippen molar-refractivity contribution < 1.29 is 19.2 Å². The van der Waals surface area contributed by atoms with E-state index in [4.69, 9.17) is 4.52 Å². The van der Waals surface area contributed by atoms with Crippen molar-refractivity contribution in [2.24, 2.45) is 5.92 Å². The van der Waals surface area contributed by atoms with E-state index in [1.54, 1.807) is 17.4 Å². The van der Waals surface area contributed by atoms with Crippen LogP contribution in [-0.2, 0) is 16.1 Å². The normalized spacial score (nSPS) is 20.1. The third-order valence-corrected chi connectivity index (χ3v) is 8.11. The number of aliphatic hydroxyl groups excluding tert-OH is 1. The molecule has 1 aromatic carbocycles. The van der Waals surface area contributed by atoms with E-state index in [-0.39, 0.29) is 30.7 Å². The molecule has 198 valence electrons. The van der Waals surface area contributed by atoms with Crippen LogP contribution in [0.5, 0.6) is 0 Å². The summed E-state index contributed by atoms with van der Waals surface area (Å²) in [5.74, 6) is -0.149. The van der Waals surface area contributed by atoms with Gasteiger partial charge in [-0.15, -0.1) is 11.3 Å².